The van der Waals surface area contributed by atoms with Gasteiger partial charge in [0.15, 0.2) is 16.9 Å². The number of ether oxygens (including phenoxy) is 2. The Morgan fingerprint density at radius 1 is 1.16 bits per heavy atom. The number of hydrogen-bond donors (Lipinski definition) is 1. The van der Waals surface area contributed by atoms with E-state index >= 15 is 0 Å². The molecule has 0 unspecified atom stereocenters. The molecule has 2 heterocycles. The van der Waals surface area contributed by atoms with Crippen LogP contribution in [0.15, 0.2) is 37.9 Å². The van der Waals surface area contributed by atoms with Crippen molar-refractivity contribution < 1.29 is 23.8 Å². The summed E-state index contributed by atoms with van der Waals surface area (Å²) in [6.45, 7) is 4.32. The fraction of sp³-hybridized carbons (Fsp3) is 0.304. The van der Waals surface area contributed by atoms with Gasteiger partial charge in [-0.1, -0.05) is 6.07 Å². The standard InChI is InChI=1S/C23H22BrNO6/c1-11-7-12(2)21-14(8-11)19(26)17-18(13-9-15(24)20(27)16(10-13)30-4)25(5-6-29-3)23(28)22(17)31-21/h7-10,18,27H,5-6H2,1-4H3/t18-/m0/s1. The van der Waals surface area contributed by atoms with Gasteiger partial charge in [0.05, 0.1) is 35.2 Å². The summed E-state index contributed by atoms with van der Waals surface area (Å²) in [6.07, 6.45) is 0. The van der Waals surface area contributed by atoms with Crippen LogP contribution in [0.2, 0.25) is 0 Å². The Kier molecular flexibility index (Phi) is 5.53. The molecule has 1 N–H and O–H groups in total. The van der Waals surface area contributed by atoms with Crippen LogP contribution in [0.5, 0.6) is 11.5 Å². The van der Waals surface area contributed by atoms with Crippen LogP contribution in [-0.2, 0) is 4.74 Å². The number of benzene rings is 2. The van der Waals surface area contributed by atoms with Crippen LogP contribution in [0.4, 0.5) is 0 Å². The Labute approximate surface area is 187 Å². The van der Waals surface area contributed by atoms with Crippen LogP contribution >= 0.6 is 15.9 Å². The highest BCUT2D eigenvalue weighted by Gasteiger charge is 2.43. The molecule has 7 nitrogen and oxygen atoms in total. The molecule has 1 amide bonds. The number of aromatic hydroxyl groups is 1. The summed E-state index contributed by atoms with van der Waals surface area (Å²) in [7, 11) is 2.99. The van der Waals surface area contributed by atoms with Crippen molar-refractivity contribution in [2.45, 2.75) is 19.9 Å². The predicted molar refractivity (Wildman–Crippen MR) is 119 cm³/mol. The first-order valence-electron chi connectivity index (χ1n) is 9.72. The molecule has 3 aromatic rings. The third-order valence-electron chi connectivity index (χ3n) is 5.52. The number of fused-ring (bicyclic) bond motifs is 2. The molecule has 1 atom stereocenters. The lowest BCUT2D eigenvalue weighted by molar-refractivity contribution is 0.0663. The number of nitrogens with zero attached hydrogens (tertiary/aromatic N) is 1. The van der Waals surface area contributed by atoms with Crippen molar-refractivity contribution in [3.05, 3.63) is 67.0 Å². The average Bonchev–Trinajstić information content (AvgIpc) is 3.01. The van der Waals surface area contributed by atoms with Gasteiger partial charge in [-0.3, -0.25) is 9.59 Å². The Hall–Kier alpha value is -2.84. The van der Waals surface area contributed by atoms with Gasteiger partial charge in [-0.2, -0.15) is 0 Å². The lowest BCUT2D eigenvalue weighted by Crippen LogP contribution is -2.32. The highest BCUT2D eigenvalue weighted by atomic mass is 79.9. The summed E-state index contributed by atoms with van der Waals surface area (Å²) in [6, 6.07) is 6.29. The zero-order valence-corrected chi connectivity index (χ0v) is 19.2. The van der Waals surface area contributed by atoms with Gasteiger partial charge in [0.2, 0.25) is 5.76 Å². The van der Waals surface area contributed by atoms with Crippen molar-refractivity contribution in [1.29, 1.82) is 0 Å². The van der Waals surface area contributed by atoms with Crippen molar-refractivity contribution in [2.75, 3.05) is 27.4 Å². The van der Waals surface area contributed by atoms with E-state index in [0.717, 1.165) is 11.1 Å². The molecule has 8 heteroatoms. The minimum absolute atomic E-state index is 0.0359. The summed E-state index contributed by atoms with van der Waals surface area (Å²) >= 11 is 3.33. The Balaban J connectivity index is 2.03. The van der Waals surface area contributed by atoms with E-state index in [4.69, 9.17) is 13.9 Å². The normalized spacial score (nSPS) is 15.6. The van der Waals surface area contributed by atoms with Gasteiger partial charge in [0, 0.05) is 13.7 Å². The van der Waals surface area contributed by atoms with Crippen LogP contribution < -0.4 is 10.2 Å². The number of amides is 1. The van der Waals surface area contributed by atoms with Gasteiger partial charge < -0.3 is 23.9 Å². The van der Waals surface area contributed by atoms with Crippen LogP contribution in [0.3, 0.4) is 0 Å². The Morgan fingerprint density at radius 3 is 2.58 bits per heavy atom. The summed E-state index contributed by atoms with van der Waals surface area (Å²) in [4.78, 5) is 28.5. The average molecular weight is 488 g/mol. The van der Waals surface area contributed by atoms with Crippen molar-refractivity contribution >= 4 is 32.8 Å². The fourth-order valence-electron chi connectivity index (χ4n) is 4.15. The summed E-state index contributed by atoms with van der Waals surface area (Å²) in [5.41, 5.74) is 2.79. The molecule has 31 heavy (non-hydrogen) atoms. The van der Waals surface area contributed by atoms with Crippen molar-refractivity contribution in [3.8, 4) is 11.5 Å². The van der Waals surface area contributed by atoms with E-state index in [0.29, 0.717) is 27.6 Å². The van der Waals surface area contributed by atoms with Gasteiger partial charge in [-0.05, 0) is 64.7 Å². The first kappa shape index (κ1) is 21.4. The summed E-state index contributed by atoms with van der Waals surface area (Å²) in [5, 5.41) is 10.7. The molecule has 0 fully saturated rings. The second-order valence-corrected chi connectivity index (χ2v) is 8.43. The number of halogens is 1. The maximum atomic E-state index is 13.6. The monoisotopic (exact) mass is 487 g/mol. The van der Waals surface area contributed by atoms with Crippen molar-refractivity contribution in [2.24, 2.45) is 0 Å². The number of phenols is 1. The smallest absolute Gasteiger partial charge is 0.290 e. The van der Waals surface area contributed by atoms with Gasteiger partial charge in [-0.25, -0.2) is 0 Å². The predicted octanol–water partition coefficient (Wildman–Crippen LogP) is 4.08. The number of methoxy groups -OCH3 is 2. The number of phenolic OH excluding ortho intramolecular Hbond substituents is 1. The minimum Gasteiger partial charge on any atom is -0.503 e. The molecular formula is C23H22BrNO6. The quantitative estimate of drug-likeness (QED) is 0.583. The Bertz CT molecular complexity index is 1270. The van der Waals surface area contributed by atoms with Gasteiger partial charge in [-0.15, -0.1) is 0 Å². The van der Waals surface area contributed by atoms with E-state index in [9.17, 15) is 14.7 Å². The number of carbonyl (C=O) groups is 1. The molecule has 0 radical (unpaired) electrons. The maximum absolute atomic E-state index is 13.6. The molecule has 2 aromatic carbocycles. The minimum atomic E-state index is -0.704. The molecule has 0 saturated carbocycles. The first-order valence-corrected chi connectivity index (χ1v) is 10.5. The van der Waals surface area contributed by atoms with Crippen LogP contribution in [-0.4, -0.2) is 43.3 Å². The first-order chi connectivity index (χ1) is 14.8. The van der Waals surface area contributed by atoms with E-state index in [1.165, 1.54) is 7.11 Å². The van der Waals surface area contributed by atoms with Gasteiger partial charge in [0.25, 0.3) is 5.91 Å². The molecule has 0 bridgehead atoms. The molecule has 0 spiro atoms. The van der Waals surface area contributed by atoms with Crippen LogP contribution in [0.25, 0.3) is 11.0 Å². The van der Waals surface area contributed by atoms with Crippen LogP contribution in [0, 0.1) is 13.8 Å². The molecule has 0 saturated heterocycles. The summed E-state index contributed by atoms with van der Waals surface area (Å²) in [5.74, 6) is -0.169. The van der Waals surface area contributed by atoms with E-state index in [1.54, 1.807) is 30.2 Å². The van der Waals surface area contributed by atoms with Crippen molar-refractivity contribution in [3.63, 3.8) is 0 Å². The largest absolute Gasteiger partial charge is 0.503 e. The second kappa shape index (κ2) is 8.01. The molecular weight excluding hydrogens is 466 g/mol. The molecule has 4 rings (SSSR count). The molecule has 1 aliphatic rings. The highest BCUT2D eigenvalue weighted by molar-refractivity contribution is 9.10. The third kappa shape index (κ3) is 3.40. The zero-order chi connectivity index (χ0) is 22.4. The maximum Gasteiger partial charge on any atom is 0.290 e. The molecule has 0 aliphatic carbocycles. The lowest BCUT2D eigenvalue weighted by Gasteiger charge is -2.25. The van der Waals surface area contributed by atoms with Gasteiger partial charge in [0.1, 0.15) is 5.58 Å². The SMILES string of the molecule is COCCN1C(=O)c2oc3c(C)cc(C)cc3c(=O)c2[C@@H]1c1cc(Br)c(O)c(OC)c1. The third-order valence-corrected chi connectivity index (χ3v) is 6.12. The number of aryl methyl sites for hydroxylation is 2. The van der Waals surface area contributed by atoms with Crippen molar-refractivity contribution in [1.82, 2.24) is 4.90 Å². The second-order valence-electron chi connectivity index (χ2n) is 7.58. The molecule has 1 aliphatic heterocycles. The summed E-state index contributed by atoms with van der Waals surface area (Å²) < 4.78 is 16.9. The molecule has 162 valence electrons. The molecule has 1 aromatic heterocycles. The van der Waals surface area contributed by atoms with E-state index in [-0.39, 0.29) is 40.7 Å². The van der Waals surface area contributed by atoms with E-state index < -0.39 is 6.04 Å². The lowest BCUT2D eigenvalue weighted by atomic mass is 9.97. The topological polar surface area (TPSA) is 89.2 Å². The highest BCUT2D eigenvalue weighted by Crippen LogP contribution is 2.43. The number of hydrogen-bond acceptors (Lipinski definition) is 6. The van der Waals surface area contributed by atoms with E-state index in [1.807, 2.05) is 19.9 Å². The van der Waals surface area contributed by atoms with E-state index in [2.05, 4.69) is 15.9 Å². The Morgan fingerprint density at radius 2 is 1.90 bits per heavy atom. The number of carbonyl (C=O) groups excluding carboxylic acids is 1. The number of rotatable bonds is 5. The van der Waals surface area contributed by atoms with Gasteiger partial charge >= 0.3 is 0 Å². The fourth-order valence-corrected chi connectivity index (χ4v) is 4.61. The van der Waals surface area contributed by atoms with Crippen LogP contribution in [0.1, 0.15) is 38.9 Å². The zero-order valence-electron chi connectivity index (χ0n) is 17.6.